The summed E-state index contributed by atoms with van der Waals surface area (Å²) in [4.78, 5) is 24.1. The molecule has 4 aromatic rings. The summed E-state index contributed by atoms with van der Waals surface area (Å²) in [6, 6.07) is 18.9. The van der Waals surface area contributed by atoms with Gasteiger partial charge in [0, 0.05) is 29.9 Å². The van der Waals surface area contributed by atoms with E-state index in [9.17, 15) is 9.59 Å². The Bertz CT molecular complexity index is 1230. The molecule has 6 heteroatoms. The van der Waals surface area contributed by atoms with Gasteiger partial charge < -0.3 is 19.8 Å². The Balaban J connectivity index is 1.69. The summed E-state index contributed by atoms with van der Waals surface area (Å²) in [6.07, 6.45) is 0.201. The van der Waals surface area contributed by atoms with E-state index in [0.717, 1.165) is 21.9 Å². The number of carbonyl (C=O) groups is 2. The summed E-state index contributed by atoms with van der Waals surface area (Å²) < 4.78 is 11.5. The summed E-state index contributed by atoms with van der Waals surface area (Å²) in [6.45, 7) is 1.93. The van der Waals surface area contributed by atoms with Gasteiger partial charge in [0.2, 0.25) is 11.8 Å². The van der Waals surface area contributed by atoms with Gasteiger partial charge in [-0.2, -0.15) is 0 Å². The first kappa shape index (κ1) is 19.5. The molecule has 2 amide bonds. The zero-order valence-electron chi connectivity index (χ0n) is 16.8. The quantitative estimate of drug-likeness (QED) is 0.501. The molecule has 152 valence electrons. The minimum absolute atomic E-state index is 0.0855. The average Bonchev–Trinajstić information content (AvgIpc) is 3.12. The lowest BCUT2D eigenvalue weighted by Crippen LogP contribution is -2.24. The molecule has 0 saturated carbocycles. The van der Waals surface area contributed by atoms with Gasteiger partial charge in [-0.25, -0.2) is 0 Å². The van der Waals surface area contributed by atoms with Gasteiger partial charge in [-0.05, 0) is 35.4 Å². The maximum atomic E-state index is 12.6. The first-order valence-corrected chi connectivity index (χ1v) is 9.65. The Morgan fingerprint density at radius 2 is 1.83 bits per heavy atom. The summed E-state index contributed by atoms with van der Waals surface area (Å²) in [7, 11) is 1.58. The van der Waals surface area contributed by atoms with Crippen molar-refractivity contribution >= 4 is 39.4 Å². The monoisotopic (exact) mass is 402 g/mol. The molecule has 0 bridgehead atoms. The molecule has 2 N–H and O–H groups in total. The van der Waals surface area contributed by atoms with Crippen LogP contribution >= 0.6 is 0 Å². The van der Waals surface area contributed by atoms with E-state index in [1.54, 1.807) is 25.3 Å². The van der Waals surface area contributed by atoms with Crippen LogP contribution in [0.25, 0.3) is 21.9 Å². The highest BCUT2D eigenvalue weighted by molar-refractivity contribution is 6.11. The predicted molar refractivity (Wildman–Crippen MR) is 117 cm³/mol. The normalized spacial score (nSPS) is 10.9. The van der Waals surface area contributed by atoms with E-state index in [-0.39, 0.29) is 18.2 Å². The number of furan rings is 1. The van der Waals surface area contributed by atoms with Crippen LogP contribution in [-0.2, 0) is 22.6 Å². The van der Waals surface area contributed by atoms with E-state index in [2.05, 4.69) is 10.6 Å². The standard InChI is InChI=1S/C24H22N2O4/c1-15(27)26-18-9-11-20-19(13-18)23-17(8-10-21(29-2)24(23)30-20)12-22(28)25-14-16-6-4-3-5-7-16/h3-11,13H,12,14H2,1-2H3,(H,25,28)(H,26,27). The van der Waals surface area contributed by atoms with Crippen LogP contribution in [0.5, 0.6) is 5.75 Å². The molecule has 0 atom stereocenters. The SMILES string of the molecule is COc1ccc(CC(=O)NCc2ccccc2)c2c1oc1ccc(NC(C)=O)cc12. The van der Waals surface area contributed by atoms with Gasteiger partial charge in [0.25, 0.3) is 0 Å². The fourth-order valence-electron chi connectivity index (χ4n) is 3.55. The van der Waals surface area contributed by atoms with E-state index in [4.69, 9.17) is 9.15 Å². The Labute approximate surface area is 173 Å². The number of methoxy groups -OCH3 is 1. The molecule has 1 heterocycles. The van der Waals surface area contributed by atoms with Crippen molar-refractivity contribution in [1.82, 2.24) is 5.32 Å². The van der Waals surface area contributed by atoms with Crippen molar-refractivity contribution in [2.45, 2.75) is 19.9 Å². The van der Waals surface area contributed by atoms with E-state index in [1.807, 2.05) is 42.5 Å². The molecule has 0 fully saturated rings. The molecule has 0 aliphatic carbocycles. The highest BCUT2D eigenvalue weighted by Gasteiger charge is 2.18. The largest absolute Gasteiger partial charge is 0.493 e. The topological polar surface area (TPSA) is 80.6 Å². The van der Waals surface area contributed by atoms with Gasteiger partial charge in [-0.1, -0.05) is 36.4 Å². The van der Waals surface area contributed by atoms with Crippen LogP contribution in [0.15, 0.2) is 65.1 Å². The smallest absolute Gasteiger partial charge is 0.224 e. The zero-order valence-corrected chi connectivity index (χ0v) is 16.8. The van der Waals surface area contributed by atoms with Crippen molar-refractivity contribution in [3.8, 4) is 5.75 Å². The number of amides is 2. The van der Waals surface area contributed by atoms with E-state index in [0.29, 0.717) is 29.1 Å². The van der Waals surface area contributed by atoms with E-state index >= 15 is 0 Å². The van der Waals surface area contributed by atoms with Crippen molar-refractivity contribution < 1.29 is 18.7 Å². The summed E-state index contributed by atoms with van der Waals surface area (Å²) >= 11 is 0. The summed E-state index contributed by atoms with van der Waals surface area (Å²) in [5.41, 5.74) is 3.78. The number of anilines is 1. The molecule has 0 radical (unpaired) electrons. The third-order valence-corrected chi connectivity index (χ3v) is 4.89. The van der Waals surface area contributed by atoms with Crippen molar-refractivity contribution in [2.24, 2.45) is 0 Å². The summed E-state index contributed by atoms with van der Waals surface area (Å²) in [5, 5.41) is 7.38. The van der Waals surface area contributed by atoms with Gasteiger partial charge in [-0.3, -0.25) is 9.59 Å². The van der Waals surface area contributed by atoms with Crippen LogP contribution in [-0.4, -0.2) is 18.9 Å². The van der Waals surface area contributed by atoms with Gasteiger partial charge in [-0.15, -0.1) is 0 Å². The van der Waals surface area contributed by atoms with Crippen LogP contribution in [0.4, 0.5) is 5.69 Å². The molecule has 0 spiro atoms. The molecular weight excluding hydrogens is 380 g/mol. The second kappa shape index (κ2) is 8.29. The first-order valence-electron chi connectivity index (χ1n) is 9.65. The molecule has 6 nitrogen and oxygen atoms in total. The maximum absolute atomic E-state index is 12.6. The third-order valence-electron chi connectivity index (χ3n) is 4.89. The van der Waals surface area contributed by atoms with Crippen LogP contribution in [0.1, 0.15) is 18.1 Å². The minimum Gasteiger partial charge on any atom is -0.493 e. The van der Waals surface area contributed by atoms with Crippen LogP contribution in [0.2, 0.25) is 0 Å². The number of nitrogens with one attached hydrogen (secondary N) is 2. The zero-order chi connectivity index (χ0) is 21.1. The lowest BCUT2D eigenvalue weighted by Gasteiger charge is -2.08. The predicted octanol–water partition coefficient (Wildman–Crippen LogP) is 4.41. The Kier molecular flexibility index (Phi) is 5.39. The van der Waals surface area contributed by atoms with Gasteiger partial charge in [0.1, 0.15) is 5.58 Å². The van der Waals surface area contributed by atoms with Crippen molar-refractivity contribution in [2.75, 3.05) is 12.4 Å². The fraction of sp³-hybridized carbons (Fsp3) is 0.167. The van der Waals surface area contributed by atoms with Gasteiger partial charge in [0.05, 0.1) is 13.5 Å². The number of hydrogen-bond acceptors (Lipinski definition) is 4. The second-order valence-electron chi connectivity index (χ2n) is 7.06. The van der Waals surface area contributed by atoms with E-state index < -0.39 is 0 Å². The van der Waals surface area contributed by atoms with Gasteiger partial charge in [0.15, 0.2) is 11.3 Å². The highest BCUT2D eigenvalue weighted by atomic mass is 16.5. The molecule has 0 aliphatic rings. The Morgan fingerprint density at radius 1 is 1.03 bits per heavy atom. The average molecular weight is 402 g/mol. The number of benzene rings is 3. The number of ether oxygens (including phenoxy) is 1. The van der Waals surface area contributed by atoms with Crippen molar-refractivity contribution in [3.63, 3.8) is 0 Å². The minimum atomic E-state index is -0.153. The number of fused-ring (bicyclic) bond motifs is 3. The maximum Gasteiger partial charge on any atom is 0.224 e. The third kappa shape index (κ3) is 3.98. The molecule has 1 aromatic heterocycles. The van der Waals surface area contributed by atoms with E-state index in [1.165, 1.54) is 6.92 Å². The molecular formula is C24H22N2O4. The number of rotatable bonds is 6. The molecule has 3 aromatic carbocycles. The molecule has 0 aliphatic heterocycles. The van der Waals surface area contributed by atoms with Crippen molar-refractivity contribution in [1.29, 1.82) is 0 Å². The molecule has 0 unspecified atom stereocenters. The molecule has 4 rings (SSSR count). The highest BCUT2D eigenvalue weighted by Crippen LogP contribution is 2.38. The fourth-order valence-corrected chi connectivity index (χ4v) is 3.55. The summed E-state index contributed by atoms with van der Waals surface area (Å²) in [5.74, 6) is 0.355. The first-order chi connectivity index (χ1) is 14.5. The van der Waals surface area contributed by atoms with Gasteiger partial charge >= 0.3 is 0 Å². The van der Waals surface area contributed by atoms with Crippen LogP contribution < -0.4 is 15.4 Å². The van der Waals surface area contributed by atoms with Crippen LogP contribution in [0.3, 0.4) is 0 Å². The lowest BCUT2D eigenvalue weighted by atomic mass is 10.0. The lowest BCUT2D eigenvalue weighted by molar-refractivity contribution is -0.120. The molecule has 0 saturated heterocycles. The Hall–Kier alpha value is -3.80. The van der Waals surface area contributed by atoms with Crippen molar-refractivity contribution in [3.05, 3.63) is 71.8 Å². The second-order valence-corrected chi connectivity index (χ2v) is 7.06. The number of hydrogen-bond donors (Lipinski definition) is 2. The number of carbonyl (C=O) groups excluding carboxylic acids is 2. The van der Waals surface area contributed by atoms with Crippen LogP contribution in [0, 0.1) is 0 Å². The molecule has 30 heavy (non-hydrogen) atoms. The Morgan fingerprint density at radius 3 is 2.57 bits per heavy atom.